The standard InChI is InChI=1S/C31H29N5O4/c1-36-19-23(21-12-5-8-15-27(21)40-20-10-3-2-4-11-20)22-18-26(35-29(22)31(36)39)30(38)33-17-9-16-28(37)34-25-14-7-6-13-24(25)32/h2-8,10-15,18-19,35H,9,16-17,32H2,1H3,(H,33,38)(H,34,37). The molecule has 0 radical (unpaired) electrons. The first-order valence-electron chi connectivity index (χ1n) is 12.9. The van der Waals surface area contributed by atoms with Crippen LogP contribution in [0.5, 0.6) is 11.5 Å². The molecule has 0 bridgehead atoms. The van der Waals surface area contributed by atoms with E-state index >= 15 is 0 Å². The highest BCUT2D eigenvalue weighted by atomic mass is 16.5. The molecule has 0 spiro atoms. The second kappa shape index (κ2) is 11.6. The van der Waals surface area contributed by atoms with Crippen LogP contribution in [0, 0.1) is 0 Å². The number of pyridine rings is 1. The summed E-state index contributed by atoms with van der Waals surface area (Å²) in [6.45, 7) is 0.282. The summed E-state index contributed by atoms with van der Waals surface area (Å²) in [4.78, 5) is 41.1. The third-order valence-corrected chi connectivity index (χ3v) is 6.46. The van der Waals surface area contributed by atoms with Crippen LogP contribution in [0.4, 0.5) is 11.4 Å². The molecule has 0 aliphatic carbocycles. The lowest BCUT2D eigenvalue weighted by Gasteiger charge is -2.13. The molecule has 2 amide bonds. The Labute approximate surface area is 230 Å². The van der Waals surface area contributed by atoms with E-state index in [0.717, 1.165) is 11.1 Å². The second-order valence-electron chi connectivity index (χ2n) is 9.34. The first-order chi connectivity index (χ1) is 19.4. The first-order valence-corrected chi connectivity index (χ1v) is 12.9. The molecule has 9 heteroatoms. The maximum absolute atomic E-state index is 13.0. The van der Waals surface area contributed by atoms with Gasteiger partial charge in [-0.15, -0.1) is 0 Å². The molecule has 0 unspecified atom stereocenters. The molecule has 0 fully saturated rings. The number of nitrogens with two attached hydrogens (primary N) is 1. The van der Waals surface area contributed by atoms with E-state index in [-0.39, 0.29) is 36.0 Å². The zero-order chi connectivity index (χ0) is 28.1. The van der Waals surface area contributed by atoms with Crippen molar-refractivity contribution in [3.8, 4) is 22.6 Å². The number of carbonyl (C=O) groups excluding carboxylic acids is 2. The Bertz CT molecular complexity index is 1740. The van der Waals surface area contributed by atoms with Crippen molar-refractivity contribution >= 4 is 34.1 Å². The van der Waals surface area contributed by atoms with E-state index in [1.54, 1.807) is 43.6 Å². The number of ether oxygens (including phenoxy) is 1. The largest absolute Gasteiger partial charge is 0.457 e. The van der Waals surface area contributed by atoms with Gasteiger partial charge in [0.15, 0.2) is 0 Å². The predicted molar refractivity (Wildman–Crippen MR) is 157 cm³/mol. The molecule has 0 aliphatic rings. The quantitative estimate of drug-likeness (QED) is 0.155. The van der Waals surface area contributed by atoms with Crippen molar-refractivity contribution in [2.45, 2.75) is 12.8 Å². The number of anilines is 2. The monoisotopic (exact) mass is 535 g/mol. The van der Waals surface area contributed by atoms with Crippen LogP contribution in [-0.2, 0) is 11.8 Å². The Morgan fingerprint density at radius 3 is 2.48 bits per heavy atom. The number of benzene rings is 3. The first kappa shape index (κ1) is 26.3. The van der Waals surface area contributed by atoms with E-state index < -0.39 is 0 Å². The Morgan fingerprint density at radius 2 is 1.68 bits per heavy atom. The Hall–Kier alpha value is -5.31. The van der Waals surface area contributed by atoms with Gasteiger partial charge < -0.3 is 30.7 Å². The van der Waals surface area contributed by atoms with Crippen LogP contribution in [-0.4, -0.2) is 27.9 Å². The highest BCUT2D eigenvalue weighted by Gasteiger charge is 2.18. The number of nitrogens with one attached hydrogen (secondary N) is 3. The summed E-state index contributed by atoms with van der Waals surface area (Å²) in [6, 6.07) is 25.7. The predicted octanol–water partition coefficient (Wildman–Crippen LogP) is 5.06. The number of aryl methyl sites for hydroxylation is 1. The van der Waals surface area contributed by atoms with Gasteiger partial charge in [0.05, 0.1) is 11.4 Å². The molecule has 5 aromatic rings. The Morgan fingerprint density at radius 1 is 0.950 bits per heavy atom. The van der Waals surface area contributed by atoms with Gasteiger partial charge in [-0.2, -0.15) is 0 Å². The minimum absolute atomic E-state index is 0.192. The van der Waals surface area contributed by atoms with Crippen LogP contribution in [0.1, 0.15) is 23.3 Å². The number of aromatic amines is 1. The number of amides is 2. The van der Waals surface area contributed by atoms with E-state index in [9.17, 15) is 14.4 Å². The molecule has 9 nitrogen and oxygen atoms in total. The molecule has 5 rings (SSSR count). The summed E-state index contributed by atoms with van der Waals surface area (Å²) < 4.78 is 7.63. The van der Waals surface area contributed by atoms with E-state index in [4.69, 9.17) is 10.5 Å². The number of nitrogen functional groups attached to an aromatic ring is 1. The number of carbonyl (C=O) groups is 2. The van der Waals surface area contributed by atoms with Crippen molar-refractivity contribution < 1.29 is 14.3 Å². The van der Waals surface area contributed by atoms with Gasteiger partial charge in [-0.3, -0.25) is 14.4 Å². The Balaban J connectivity index is 1.32. The average Bonchev–Trinajstić information content (AvgIpc) is 3.41. The number of H-pyrrole nitrogens is 1. The third-order valence-electron chi connectivity index (χ3n) is 6.46. The normalized spacial score (nSPS) is 10.8. The number of rotatable bonds is 9. The summed E-state index contributed by atoms with van der Waals surface area (Å²) in [7, 11) is 1.67. The highest BCUT2D eigenvalue weighted by Crippen LogP contribution is 2.36. The van der Waals surface area contributed by atoms with E-state index in [1.807, 2.05) is 54.6 Å². The minimum Gasteiger partial charge on any atom is -0.457 e. The van der Waals surface area contributed by atoms with Crippen LogP contribution in [0.3, 0.4) is 0 Å². The van der Waals surface area contributed by atoms with Gasteiger partial charge in [0.2, 0.25) is 5.91 Å². The number of fused-ring (bicyclic) bond motifs is 1. The van der Waals surface area contributed by atoms with Gasteiger partial charge in [-0.05, 0) is 42.8 Å². The Kier molecular flexibility index (Phi) is 7.63. The molecule has 0 aliphatic heterocycles. The van der Waals surface area contributed by atoms with E-state index in [0.29, 0.717) is 40.2 Å². The molecule has 0 saturated carbocycles. The smallest absolute Gasteiger partial charge is 0.274 e. The number of hydrogen-bond donors (Lipinski definition) is 4. The summed E-state index contributed by atoms with van der Waals surface area (Å²) in [6.07, 6.45) is 2.39. The van der Waals surface area contributed by atoms with Crippen LogP contribution in [0.15, 0.2) is 95.9 Å². The number of hydrogen-bond acceptors (Lipinski definition) is 5. The lowest BCUT2D eigenvalue weighted by atomic mass is 10.0. The minimum atomic E-state index is -0.370. The third kappa shape index (κ3) is 5.73. The highest BCUT2D eigenvalue weighted by molar-refractivity contribution is 6.03. The molecule has 5 N–H and O–H groups in total. The number of para-hydroxylation sites is 4. The zero-order valence-corrected chi connectivity index (χ0v) is 21.9. The maximum Gasteiger partial charge on any atom is 0.274 e. The molecular formula is C31H29N5O4. The van der Waals surface area contributed by atoms with Crippen molar-refractivity contribution in [2.24, 2.45) is 7.05 Å². The molecular weight excluding hydrogens is 506 g/mol. The average molecular weight is 536 g/mol. The van der Waals surface area contributed by atoms with Crippen LogP contribution in [0.2, 0.25) is 0 Å². The van der Waals surface area contributed by atoms with Crippen LogP contribution < -0.4 is 26.7 Å². The molecule has 0 atom stereocenters. The van der Waals surface area contributed by atoms with E-state index in [1.165, 1.54) is 4.57 Å². The van der Waals surface area contributed by atoms with Crippen molar-refractivity contribution in [3.05, 3.63) is 107 Å². The van der Waals surface area contributed by atoms with Gasteiger partial charge in [0, 0.05) is 42.7 Å². The number of aromatic nitrogens is 2. The fourth-order valence-corrected chi connectivity index (χ4v) is 4.43. The summed E-state index contributed by atoms with van der Waals surface area (Å²) in [5.74, 6) is 0.746. The fourth-order valence-electron chi connectivity index (χ4n) is 4.43. The van der Waals surface area contributed by atoms with Crippen molar-refractivity contribution in [1.82, 2.24) is 14.9 Å². The van der Waals surface area contributed by atoms with Crippen LogP contribution in [0.25, 0.3) is 22.0 Å². The molecule has 40 heavy (non-hydrogen) atoms. The van der Waals surface area contributed by atoms with Crippen molar-refractivity contribution in [1.29, 1.82) is 0 Å². The van der Waals surface area contributed by atoms with Gasteiger partial charge in [0.1, 0.15) is 22.7 Å². The van der Waals surface area contributed by atoms with Crippen molar-refractivity contribution in [2.75, 3.05) is 17.6 Å². The lowest BCUT2D eigenvalue weighted by molar-refractivity contribution is -0.116. The molecule has 202 valence electrons. The molecule has 3 aromatic carbocycles. The summed E-state index contributed by atoms with van der Waals surface area (Å²) >= 11 is 0. The SMILES string of the molecule is Cn1cc(-c2ccccc2Oc2ccccc2)c2cc(C(=O)NCCCC(=O)Nc3ccccc3N)[nH]c2c1=O. The van der Waals surface area contributed by atoms with Gasteiger partial charge in [0.25, 0.3) is 11.5 Å². The molecule has 2 aromatic heterocycles. The van der Waals surface area contributed by atoms with Gasteiger partial charge in [-0.1, -0.05) is 48.5 Å². The van der Waals surface area contributed by atoms with Crippen molar-refractivity contribution in [3.63, 3.8) is 0 Å². The van der Waals surface area contributed by atoms with E-state index in [2.05, 4.69) is 15.6 Å². The van der Waals surface area contributed by atoms with Gasteiger partial charge >= 0.3 is 0 Å². The van der Waals surface area contributed by atoms with Gasteiger partial charge in [-0.25, -0.2) is 0 Å². The fraction of sp³-hybridized carbons (Fsp3) is 0.129. The molecule has 2 heterocycles. The topological polar surface area (TPSA) is 131 Å². The lowest BCUT2D eigenvalue weighted by Crippen LogP contribution is -2.26. The van der Waals surface area contributed by atoms with Crippen LogP contribution >= 0.6 is 0 Å². The molecule has 0 saturated heterocycles. The summed E-state index contributed by atoms with van der Waals surface area (Å²) in [5, 5.41) is 6.20. The number of nitrogens with zero attached hydrogens (tertiary/aromatic N) is 1. The summed E-state index contributed by atoms with van der Waals surface area (Å²) in [5.41, 5.74) is 8.76. The second-order valence-corrected chi connectivity index (χ2v) is 9.34. The maximum atomic E-state index is 13.0. The zero-order valence-electron chi connectivity index (χ0n) is 21.9.